The Kier molecular flexibility index (Phi) is 4.99. The zero-order valence-corrected chi connectivity index (χ0v) is 13.7. The van der Waals surface area contributed by atoms with E-state index in [4.69, 9.17) is 0 Å². The number of aryl methyl sites for hydroxylation is 1. The van der Waals surface area contributed by atoms with E-state index in [0.29, 0.717) is 6.04 Å². The summed E-state index contributed by atoms with van der Waals surface area (Å²) in [5.74, 6) is 4.19. The number of hydrogen-bond acceptors (Lipinski definition) is 2. The molecular weight excluding hydrogens is 258 g/mol. The zero-order valence-electron chi connectivity index (χ0n) is 13.7. The van der Waals surface area contributed by atoms with Crippen molar-refractivity contribution in [3.8, 4) is 0 Å². The van der Waals surface area contributed by atoms with Gasteiger partial charge in [-0.05, 0) is 56.4 Å². The van der Waals surface area contributed by atoms with Gasteiger partial charge in [0.05, 0.1) is 0 Å². The van der Waals surface area contributed by atoms with Gasteiger partial charge in [-0.2, -0.15) is 0 Å². The lowest BCUT2D eigenvalue weighted by atomic mass is 9.82. The van der Waals surface area contributed by atoms with Gasteiger partial charge in [0.1, 0.15) is 5.82 Å². The van der Waals surface area contributed by atoms with Crippen molar-refractivity contribution in [3.63, 3.8) is 0 Å². The van der Waals surface area contributed by atoms with Crippen LogP contribution in [0.2, 0.25) is 0 Å². The molecule has 21 heavy (non-hydrogen) atoms. The first kappa shape index (κ1) is 15.1. The summed E-state index contributed by atoms with van der Waals surface area (Å²) in [6.07, 6.45) is 13.6. The van der Waals surface area contributed by atoms with Crippen LogP contribution in [0.25, 0.3) is 0 Å². The molecule has 0 radical (unpaired) electrons. The Morgan fingerprint density at radius 3 is 2.86 bits per heavy atom. The van der Waals surface area contributed by atoms with Crippen LogP contribution in [0, 0.1) is 17.8 Å². The van der Waals surface area contributed by atoms with E-state index in [1.165, 1.54) is 44.3 Å². The number of hydrogen-bond donors (Lipinski definition) is 1. The summed E-state index contributed by atoms with van der Waals surface area (Å²) in [4.78, 5) is 4.64. The van der Waals surface area contributed by atoms with E-state index >= 15 is 0 Å². The van der Waals surface area contributed by atoms with Gasteiger partial charge in [0.25, 0.3) is 0 Å². The van der Waals surface area contributed by atoms with E-state index in [9.17, 15) is 0 Å². The van der Waals surface area contributed by atoms with Crippen LogP contribution in [0.5, 0.6) is 0 Å². The van der Waals surface area contributed by atoms with Crippen molar-refractivity contribution in [3.05, 3.63) is 18.2 Å². The number of fused-ring (bicyclic) bond motifs is 2. The molecule has 1 heterocycles. The topological polar surface area (TPSA) is 29.9 Å². The first-order valence-corrected chi connectivity index (χ1v) is 9.05. The van der Waals surface area contributed by atoms with E-state index in [0.717, 1.165) is 37.3 Å². The quantitative estimate of drug-likeness (QED) is 0.792. The Labute approximate surface area is 129 Å². The smallest absolute Gasteiger partial charge is 0.110 e. The summed E-state index contributed by atoms with van der Waals surface area (Å²) in [5.41, 5.74) is 0. The summed E-state index contributed by atoms with van der Waals surface area (Å²) in [6, 6.07) is 0.637. The molecule has 3 heteroatoms. The second-order valence-corrected chi connectivity index (χ2v) is 7.14. The van der Waals surface area contributed by atoms with Crippen LogP contribution in [0.3, 0.4) is 0 Å². The van der Waals surface area contributed by atoms with E-state index in [2.05, 4.69) is 34.9 Å². The number of aromatic nitrogens is 2. The normalized spacial score (nSPS) is 29.1. The molecule has 0 aliphatic heterocycles. The Balaban J connectivity index is 1.68. The molecule has 2 saturated carbocycles. The maximum absolute atomic E-state index is 4.64. The van der Waals surface area contributed by atoms with Crippen LogP contribution in [0.4, 0.5) is 0 Å². The third-order valence-electron chi connectivity index (χ3n) is 5.63. The lowest BCUT2D eigenvalue weighted by Crippen LogP contribution is -2.41. The van der Waals surface area contributed by atoms with Gasteiger partial charge in [0.15, 0.2) is 0 Å². The van der Waals surface area contributed by atoms with Gasteiger partial charge in [-0.15, -0.1) is 0 Å². The highest BCUT2D eigenvalue weighted by molar-refractivity contribution is 5.01. The number of nitrogens with zero attached hydrogens (tertiary/aromatic N) is 2. The molecule has 2 bridgehead atoms. The first-order valence-electron chi connectivity index (χ1n) is 9.05. The molecule has 0 aromatic carbocycles. The monoisotopic (exact) mass is 289 g/mol. The average molecular weight is 289 g/mol. The van der Waals surface area contributed by atoms with Gasteiger partial charge >= 0.3 is 0 Å². The van der Waals surface area contributed by atoms with Crippen molar-refractivity contribution in [1.82, 2.24) is 14.9 Å². The molecule has 2 fully saturated rings. The minimum atomic E-state index is 0.637. The van der Waals surface area contributed by atoms with Crippen molar-refractivity contribution < 1.29 is 0 Å². The maximum Gasteiger partial charge on any atom is 0.110 e. The van der Waals surface area contributed by atoms with Crippen LogP contribution in [0.15, 0.2) is 12.4 Å². The van der Waals surface area contributed by atoms with Gasteiger partial charge in [-0.1, -0.05) is 20.3 Å². The van der Waals surface area contributed by atoms with E-state index in [1.807, 2.05) is 6.20 Å². The van der Waals surface area contributed by atoms with Crippen LogP contribution in [0.1, 0.15) is 58.2 Å². The highest BCUT2D eigenvalue weighted by Crippen LogP contribution is 2.49. The lowest BCUT2D eigenvalue weighted by Gasteiger charge is -2.31. The molecule has 0 spiro atoms. The van der Waals surface area contributed by atoms with E-state index in [-0.39, 0.29) is 0 Å². The molecule has 4 atom stereocenters. The summed E-state index contributed by atoms with van der Waals surface area (Å²) in [7, 11) is 0. The van der Waals surface area contributed by atoms with Gasteiger partial charge < -0.3 is 9.88 Å². The van der Waals surface area contributed by atoms with E-state index in [1.54, 1.807) is 0 Å². The zero-order chi connectivity index (χ0) is 14.7. The third-order valence-corrected chi connectivity index (χ3v) is 5.63. The number of nitrogens with one attached hydrogen (secondary N) is 1. The second kappa shape index (κ2) is 6.95. The fraction of sp³-hybridized carbons (Fsp3) is 0.833. The lowest BCUT2D eigenvalue weighted by molar-refractivity contribution is 0.243. The van der Waals surface area contributed by atoms with Crippen LogP contribution in [-0.2, 0) is 13.0 Å². The van der Waals surface area contributed by atoms with Gasteiger partial charge in [-0.25, -0.2) is 4.98 Å². The maximum atomic E-state index is 4.64. The molecule has 118 valence electrons. The van der Waals surface area contributed by atoms with Crippen LogP contribution < -0.4 is 5.32 Å². The predicted molar refractivity (Wildman–Crippen MR) is 87.2 cm³/mol. The molecule has 1 aromatic heterocycles. The molecule has 0 saturated heterocycles. The molecular formula is C18H31N3. The fourth-order valence-electron chi connectivity index (χ4n) is 4.66. The Bertz CT molecular complexity index is 439. The summed E-state index contributed by atoms with van der Waals surface area (Å²) < 4.78 is 2.35. The summed E-state index contributed by atoms with van der Waals surface area (Å²) in [6.45, 7) is 6.76. The highest BCUT2D eigenvalue weighted by Gasteiger charge is 2.43. The van der Waals surface area contributed by atoms with Crippen molar-refractivity contribution in [1.29, 1.82) is 0 Å². The molecule has 2 aliphatic rings. The van der Waals surface area contributed by atoms with Gasteiger partial charge in [-0.3, -0.25) is 0 Å². The second-order valence-electron chi connectivity index (χ2n) is 7.14. The Morgan fingerprint density at radius 2 is 2.19 bits per heavy atom. The van der Waals surface area contributed by atoms with Crippen molar-refractivity contribution in [2.45, 2.75) is 71.4 Å². The van der Waals surface area contributed by atoms with Crippen LogP contribution >= 0.6 is 0 Å². The van der Waals surface area contributed by atoms with Crippen LogP contribution in [-0.4, -0.2) is 22.1 Å². The molecule has 2 aliphatic carbocycles. The van der Waals surface area contributed by atoms with Crippen molar-refractivity contribution in [2.24, 2.45) is 17.8 Å². The summed E-state index contributed by atoms with van der Waals surface area (Å²) >= 11 is 0. The molecule has 1 aromatic rings. The largest absolute Gasteiger partial charge is 0.335 e. The molecule has 3 rings (SSSR count). The SMILES string of the molecule is CCCNC(Cc1nccn1CCC)C1CC2CCC1C2. The average Bonchev–Trinajstić information content (AvgIpc) is 3.20. The summed E-state index contributed by atoms with van der Waals surface area (Å²) in [5, 5.41) is 3.85. The van der Waals surface area contributed by atoms with Crippen molar-refractivity contribution >= 4 is 0 Å². The Morgan fingerprint density at radius 1 is 1.29 bits per heavy atom. The third kappa shape index (κ3) is 3.33. The number of imidazole rings is 1. The minimum Gasteiger partial charge on any atom is -0.335 e. The minimum absolute atomic E-state index is 0.637. The van der Waals surface area contributed by atoms with E-state index < -0.39 is 0 Å². The van der Waals surface area contributed by atoms with Crippen molar-refractivity contribution in [2.75, 3.05) is 6.54 Å². The van der Waals surface area contributed by atoms with Gasteiger partial charge in [0, 0.05) is 31.4 Å². The molecule has 0 amide bonds. The first-order chi connectivity index (χ1) is 10.3. The molecule has 1 N–H and O–H groups in total. The fourth-order valence-corrected chi connectivity index (χ4v) is 4.66. The van der Waals surface area contributed by atoms with Gasteiger partial charge in [0.2, 0.25) is 0 Å². The Hall–Kier alpha value is -0.830. The highest BCUT2D eigenvalue weighted by atomic mass is 15.1. The number of rotatable bonds is 8. The molecule has 3 nitrogen and oxygen atoms in total. The molecule has 4 unspecified atom stereocenters. The predicted octanol–water partition coefficient (Wildman–Crippen LogP) is 3.64. The standard InChI is InChI=1S/C18H31N3/c1-3-7-19-17(16-12-14-5-6-15(16)11-14)13-18-20-8-10-21(18)9-4-2/h8,10,14-17,19H,3-7,9,11-13H2,1-2H3.